The predicted octanol–water partition coefficient (Wildman–Crippen LogP) is 3.55. The zero-order chi connectivity index (χ0) is 13.8. The molecule has 100 valence electrons. The fourth-order valence-electron chi connectivity index (χ4n) is 1.67. The number of aryl methyl sites for hydroxylation is 1. The molecule has 0 atom stereocenters. The van der Waals surface area contributed by atoms with Crippen LogP contribution in [0.5, 0.6) is 0 Å². The summed E-state index contributed by atoms with van der Waals surface area (Å²) >= 11 is 7.40. The highest BCUT2D eigenvalue weighted by Crippen LogP contribution is 2.27. The molecule has 4 nitrogen and oxygen atoms in total. The number of aromatic carboxylic acids is 1. The van der Waals surface area contributed by atoms with Crippen molar-refractivity contribution in [3.05, 3.63) is 47.0 Å². The summed E-state index contributed by atoms with van der Waals surface area (Å²) in [4.78, 5) is 16.0. The quantitative estimate of drug-likeness (QED) is 0.857. The molecule has 2 aromatic rings. The third kappa shape index (κ3) is 3.30. The van der Waals surface area contributed by atoms with Crippen LogP contribution in [-0.4, -0.2) is 20.6 Å². The summed E-state index contributed by atoms with van der Waals surface area (Å²) < 4.78 is 2.06. The molecule has 1 heterocycles. The van der Waals surface area contributed by atoms with Gasteiger partial charge in [-0.3, -0.25) is 0 Å². The first-order valence-corrected chi connectivity index (χ1v) is 7.12. The molecule has 0 radical (unpaired) electrons. The highest BCUT2D eigenvalue weighted by molar-refractivity contribution is 7.98. The summed E-state index contributed by atoms with van der Waals surface area (Å²) in [5, 5.41) is 9.28. The Hall–Kier alpha value is -1.46. The van der Waals surface area contributed by atoms with E-state index < -0.39 is 5.97 Å². The highest BCUT2D eigenvalue weighted by atomic mass is 35.5. The summed E-state index contributed by atoms with van der Waals surface area (Å²) in [6, 6.07) is 5.04. The Morgan fingerprint density at radius 3 is 3.00 bits per heavy atom. The van der Waals surface area contributed by atoms with E-state index in [-0.39, 0.29) is 10.6 Å². The molecule has 19 heavy (non-hydrogen) atoms. The Bertz CT molecular complexity index is 598. The minimum Gasteiger partial charge on any atom is -0.478 e. The second-order valence-electron chi connectivity index (χ2n) is 3.91. The van der Waals surface area contributed by atoms with E-state index in [1.165, 1.54) is 0 Å². The van der Waals surface area contributed by atoms with Gasteiger partial charge < -0.3 is 9.67 Å². The van der Waals surface area contributed by atoms with E-state index in [4.69, 9.17) is 16.7 Å². The average molecular weight is 297 g/mol. The first-order chi connectivity index (χ1) is 9.11. The molecule has 0 fully saturated rings. The van der Waals surface area contributed by atoms with Gasteiger partial charge in [-0.1, -0.05) is 11.6 Å². The fourth-order valence-corrected chi connectivity index (χ4v) is 2.79. The van der Waals surface area contributed by atoms with Gasteiger partial charge >= 0.3 is 5.97 Å². The molecule has 1 aromatic carbocycles. The van der Waals surface area contributed by atoms with Gasteiger partial charge in [-0.05, 0) is 25.1 Å². The summed E-state index contributed by atoms with van der Waals surface area (Å²) in [6.07, 6.45) is 3.62. The van der Waals surface area contributed by atoms with Crippen LogP contribution >= 0.6 is 23.4 Å². The molecule has 0 spiro atoms. The van der Waals surface area contributed by atoms with E-state index in [0.29, 0.717) is 0 Å². The van der Waals surface area contributed by atoms with Gasteiger partial charge in [-0.25, -0.2) is 9.78 Å². The van der Waals surface area contributed by atoms with E-state index >= 15 is 0 Å². The molecule has 1 aromatic heterocycles. The third-order valence-electron chi connectivity index (χ3n) is 2.69. The smallest absolute Gasteiger partial charge is 0.337 e. The number of rotatable bonds is 5. The van der Waals surface area contributed by atoms with Crippen molar-refractivity contribution < 1.29 is 9.90 Å². The molecular formula is C13H13ClN2O2S. The maximum absolute atomic E-state index is 11.0. The number of aromatic nitrogens is 2. The molecule has 1 N–H and O–H groups in total. The summed E-state index contributed by atoms with van der Waals surface area (Å²) in [6.45, 7) is 2.93. The van der Waals surface area contributed by atoms with Crippen LogP contribution in [0.4, 0.5) is 0 Å². The van der Waals surface area contributed by atoms with Gasteiger partial charge in [0.25, 0.3) is 0 Å². The number of thioether (sulfide) groups is 1. The molecule has 0 aliphatic heterocycles. The second-order valence-corrected chi connectivity index (χ2v) is 5.36. The van der Waals surface area contributed by atoms with Gasteiger partial charge in [-0.15, -0.1) is 11.8 Å². The number of carboxylic acids is 1. The first kappa shape index (κ1) is 14.0. The van der Waals surface area contributed by atoms with Crippen LogP contribution in [0.2, 0.25) is 5.02 Å². The number of nitrogens with zero attached hydrogens (tertiary/aromatic N) is 2. The molecule has 0 saturated carbocycles. The Morgan fingerprint density at radius 2 is 2.32 bits per heavy atom. The molecule has 0 aliphatic carbocycles. The Balaban J connectivity index is 2.12. The lowest BCUT2D eigenvalue weighted by Gasteiger charge is -2.06. The van der Waals surface area contributed by atoms with Gasteiger partial charge in [0.05, 0.1) is 16.9 Å². The highest BCUT2D eigenvalue weighted by Gasteiger charge is 2.10. The van der Waals surface area contributed by atoms with Crippen molar-refractivity contribution in [2.75, 3.05) is 0 Å². The minimum absolute atomic E-state index is 0.135. The van der Waals surface area contributed by atoms with Crippen LogP contribution in [-0.2, 0) is 12.3 Å². The van der Waals surface area contributed by atoms with Gasteiger partial charge in [-0.2, -0.15) is 0 Å². The van der Waals surface area contributed by atoms with Crippen molar-refractivity contribution in [2.24, 2.45) is 0 Å². The van der Waals surface area contributed by atoms with Crippen LogP contribution < -0.4 is 0 Å². The van der Waals surface area contributed by atoms with Crippen LogP contribution in [0.25, 0.3) is 0 Å². The maximum atomic E-state index is 11.0. The molecule has 0 aliphatic rings. The molecule has 0 saturated heterocycles. The van der Waals surface area contributed by atoms with Gasteiger partial charge in [0.1, 0.15) is 0 Å². The zero-order valence-corrected chi connectivity index (χ0v) is 11.9. The Labute approximate surface area is 120 Å². The standard InChI is InChI=1S/C13H13ClN2O2S/c1-2-16-8-15-6-9(16)7-19-10-3-4-12(14)11(5-10)13(17)18/h3-6,8H,2,7H2,1H3,(H,17,18). The molecule has 2 rings (SSSR count). The first-order valence-electron chi connectivity index (χ1n) is 5.76. The molecular weight excluding hydrogens is 284 g/mol. The second kappa shape index (κ2) is 6.12. The summed E-state index contributed by atoms with van der Waals surface area (Å²) in [7, 11) is 0. The van der Waals surface area contributed by atoms with Gasteiger partial charge in [0.15, 0.2) is 0 Å². The fraction of sp³-hybridized carbons (Fsp3) is 0.231. The maximum Gasteiger partial charge on any atom is 0.337 e. The lowest BCUT2D eigenvalue weighted by Crippen LogP contribution is -1.98. The zero-order valence-electron chi connectivity index (χ0n) is 10.3. The normalized spacial score (nSPS) is 10.6. The summed E-state index contributed by atoms with van der Waals surface area (Å²) in [5.74, 6) is -0.264. The lowest BCUT2D eigenvalue weighted by atomic mass is 10.2. The van der Waals surface area contributed by atoms with Crippen LogP contribution in [0.15, 0.2) is 35.6 Å². The molecule has 0 unspecified atom stereocenters. The van der Waals surface area contributed by atoms with Gasteiger partial charge in [0, 0.05) is 29.1 Å². The van der Waals surface area contributed by atoms with Crippen molar-refractivity contribution in [3.8, 4) is 0 Å². The molecule has 0 bridgehead atoms. The average Bonchev–Trinajstić information content (AvgIpc) is 2.84. The topological polar surface area (TPSA) is 55.1 Å². The largest absolute Gasteiger partial charge is 0.478 e. The van der Waals surface area contributed by atoms with Crippen LogP contribution in [0, 0.1) is 0 Å². The number of imidazole rings is 1. The van der Waals surface area contributed by atoms with Crippen LogP contribution in [0.3, 0.4) is 0 Å². The van der Waals surface area contributed by atoms with E-state index in [9.17, 15) is 4.79 Å². The van der Waals surface area contributed by atoms with Crippen molar-refractivity contribution in [1.29, 1.82) is 0 Å². The monoisotopic (exact) mass is 296 g/mol. The number of carboxylic acid groups (broad SMARTS) is 1. The van der Waals surface area contributed by atoms with E-state index in [1.807, 2.05) is 12.3 Å². The molecule has 0 amide bonds. The number of hydrogen-bond donors (Lipinski definition) is 1. The van der Waals surface area contributed by atoms with Crippen molar-refractivity contribution in [1.82, 2.24) is 9.55 Å². The number of hydrogen-bond acceptors (Lipinski definition) is 3. The number of halogens is 1. The lowest BCUT2D eigenvalue weighted by molar-refractivity contribution is 0.0697. The minimum atomic E-state index is -1.01. The predicted molar refractivity (Wildman–Crippen MR) is 75.9 cm³/mol. The van der Waals surface area contributed by atoms with Crippen molar-refractivity contribution >= 4 is 29.3 Å². The summed E-state index contributed by atoms with van der Waals surface area (Å²) in [5.41, 5.74) is 1.25. The third-order valence-corrected chi connectivity index (χ3v) is 4.05. The molecule has 6 heteroatoms. The van der Waals surface area contributed by atoms with Crippen molar-refractivity contribution in [3.63, 3.8) is 0 Å². The van der Waals surface area contributed by atoms with E-state index in [2.05, 4.69) is 16.5 Å². The van der Waals surface area contributed by atoms with Crippen LogP contribution in [0.1, 0.15) is 23.0 Å². The van der Waals surface area contributed by atoms with Gasteiger partial charge in [0.2, 0.25) is 0 Å². The van der Waals surface area contributed by atoms with E-state index in [1.54, 1.807) is 30.2 Å². The number of benzene rings is 1. The van der Waals surface area contributed by atoms with Crippen molar-refractivity contribution in [2.45, 2.75) is 24.1 Å². The SMILES string of the molecule is CCn1cncc1CSc1ccc(Cl)c(C(=O)O)c1. The van der Waals surface area contributed by atoms with E-state index in [0.717, 1.165) is 22.9 Å². The Morgan fingerprint density at radius 1 is 1.53 bits per heavy atom. The Kier molecular flexibility index (Phi) is 4.50. The number of carbonyl (C=O) groups is 1.